The number of aromatic nitrogens is 4. The Morgan fingerprint density at radius 2 is 1.15 bits per heavy atom. The van der Waals surface area contributed by atoms with Crippen LogP contribution >= 0.6 is 0 Å². The van der Waals surface area contributed by atoms with Crippen LogP contribution in [0.3, 0.4) is 0 Å². The van der Waals surface area contributed by atoms with Gasteiger partial charge in [-0.2, -0.15) is 0 Å². The Hall–Kier alpha value is -3.80. The summed E-state index contributed by atoms with van der Waals surface area (Å²) in [4.78, 5) is 0. The second kappa shape index (κ2) is 5.93. The lowest BCUT2D eigenvalue weighted by molar-refractivity contribution is 0.392. The molecule has 2 heterocycles. The second-order valence-corrected chi connectivity index (χ2v) is 5.84. The van der Waals surface area contributed by atoms with Gasteiger partial charge in [0, 0.05) is 27.2 Å². The van der Waals surface area contributed by atoms with Gasteiger partial charge in [-0.1, -0.05) is 60.7 Å². The van der Waals surface area contributed by atoms with Crippen molar-refractivity contribution in [2.45, 2.75) is 0 Å². The van der Waals surface area contributed by atoms with Crippen molar-refractivity contribution < 1.29 is 9.05 Å². The monoisotopic (exact) mass is 340 g/mol. The van der Waals surface area contributed by atoms with Crippen molar-refractivity contribution in [1.82, 2.24) is 20.7 Å². The SMILES string of the molecule is c1cc(-c2conn2)c(-c2cccc3ccccc23)c(-c2conn2)c1. The van der Waals surface area contributed by atoms with E-state index in [1.165, 1.54) is 12.5 Å². The Bertz CT molecular complexity index is 1120. The number of hydrogen-bond donors (Lipinski definition) is 0. The summed E-state index contributed by atoms with van der Waals surface area (Å²) in [5, 5.41) is 17.7. The quantitative estimate of drug-likeness (QED) is 0.477. The van der Waals surface area contributed by atoms with E-state index in [-0.39, 0.29) is 0 Å². The standard InChI is InChI=1S/C20H12N4O2/c1-2-7-14-13(5-1)6-3-8-15(14)20-16(18-11-25-23-21-18)9-4-10-17(20)19-12-26-24-22-19/h1-12H. The van der Waals surface area contributed by atoms with Crippen LogP contribution in [-0.4, -0.2) is 20.7 Å². The van der Waals surface area contributed by atoms with E-state index in [9.17, 15) is 0 Å². The normalized spacial score (nSPS) is 11.1. The lowest BCUT2D eigenvalue weighted by atomic mass is 9.89. The first-order valence-electron chi connectivity index (χ1n) is 8.08. The molecule has 26 heavy (non-hydrogen) atoms. The van der Waals surface area contributed by atoms with Gasteiger partial charge in [-0.05, 0) is 16.3 Å². The summed E-state index contributed by atoms with van der Waals surface area (Å²) in [5.41, 5.74) is 5.18. The van der Waals surface area contributed by atoms with Gasteiger partial charge in [0.15, 0.2) is 12.5 Å². The van der Waals surface area contributed by atoms with Gasteiger partial charge in [0.2, 0.25) is 0 Å². The molecule has 0 radical (unpaired) electrons. The summed E-state index contributed by atoms with van der Waals surface area (Å²) < 4.78 is 9.94. The van der Waals surface area contributed by atoms with Gasteiger partial charge in [0.25, 0.3) is 0 Å². The molecule has 124 valence electrons. The maximum absolute atomic E-state index is 4.97. The highest BCUT2D eigenvalue weighted by molar-refractivity contribution is 6.04. The molecule has 2 aromatic heterocycles. The van der Waals surface area contributed by atoms with Crippen LogP contribution in [0.1, 0.15) is 0 Å². The maximum atomic E-state index is 4.97. The number of nitrogens with zero attached hydrogens (tertiary/aromatic N) is 4. The van der Waals surface area contributed by atoms with Crippen LogP contribution in [0.15, 0.2) is 82.2 Å². The van der Waals surface area contributed by atoms with Gasteiger partial charge in [0.05, 0.1) is 0 Å². The highest BCUT2D eigenvalue weighted by atomic mass is 16.5. The Balaban J connectivity index is 1.90. The molecule has 0 N–H and O–H groups in total. The summed E-state index contributed by atoms with van der Waals surface area (Å²) in [6.45, 7) is 0. The fourth-order valence-corrected chi connectivity index (χ4v) is 3.28. The third-order valence-corrected chi connectivity index (χ3v) is 4.40. The first-order valence-corrected chi connectivity index (χ1v) is 8.08. The Morgan fingerprint density at radius 3 is 1.81 bits per heavy atom. The smallest absolute Gasteiger partial charge is 0.152 e. The highest BCUT2D eigenvalue weighted by Crippen LogP contribution is 2.41. The molecule has 5 aromatic rings. The first-order chi connectivity index (χ1) is 12.9. The van der Waals surface area contributed by atoms with Gasteiger partial charge in [-0.3, -0.25) is 0 Å². The molecule has 0 amide bonds. The molecule has 6 nitrogen and oxygen atoms in total. The van der Waals surface area contributed by atoms with Crippen LogP contribution in [-0.2, 0) is 0 Å². The van der Waals surface area contributed by atoms with Crippen LogP contribution in [0.25, 0.3) is 44.4 Å². The fraction of sp³-hybridized carbons (Fsp3) is 0. The minimum atomic E-state index is 0.659. The third-order valence-electron chi connectivity index (χ3n) is 4.40. The van der Waals surface area contributed by atoms with Crippen LogP contribution in [0.5, 0.6) is 0 Å². The molecule has 6 heteroatoms. The first kappa shape index (κ1) is 14.5. The Morgan fingerprint density at radius 1 is 0.577 bits per heavy atom. The third kappa shape index (κ3) is 2.28. The maximum Gasteiger partial charge on any atom is 0.152 e. The summed E-state index contributed by atoms with van der Waals surface area (Å²) in [6.07, 6.45) is 3.07. The van der Waals surface area contributed by atoms with Crippen molar-refractivity contribution in [3.63, 3.8) is 0 Å². The summed E-state index contributed by atoms with van der Waals surface area (Å²) in [6, 6.07) is 20.4. The van der Waals surface area contributed by atoms with Gasteiger partial charge < -0.3 is 9.05 Å². The molecular formula is C20H12N4O2. The van der Waals surface area contributed by atoms with Crippen molar-refractivity contribution in [3.8, 4) is 33.6 Å². The van der Waals surface area contributed by atoms with Crippen molar-refractivity contribution in [2.75, 3.05) is 0 Å². The van der Waals surface area contributed by atoms with E-state index in [1.54, 1.807) is 0 Å². The molecule has 0 unspecified atom stereocenters. The zero-order valence-electron chi connectivity index (χ0n) is 13.5. The molecule has 0 atom stereocenters. The van der Waals surface area contributed by atoms with E-state index in [1.807, 2.05) is 36.4 Å². The summed E-state index contributed by atoms with van der Waals surface area (Å²) in [7, 11) is 0. The molecule has 0 spiro atoms. The molecule has 0 bridgehead atoms. The van der Waals surface area contributed by atoms with E-state index in [0.29, 0.717) is 11.4 Å². The van der Waals surface area contributed by atoms with Crippen LogP contribution in [0, 0.1) is 0 Å². The lowest BCUT2D eigenvalue weighted by Gasteiger charge is -2.14. The molecule has 3 aromatic carbocycles. The zero-order chi connectivity index (χ0) is 17.3. The highest BCUT2D eigenvalue weighted by Gasteiger charge is 2.19. The van der Waals surface area contributed by atoms with E-state index in [4.69, 9.17) is 9.05 Å². The van der Waals surface area contributed by atoms with E-state index in [2.05, 4.69) is 45.0 Å². The van der Waals surface area contributed by atoms with Gasteiger partial charge in [0.1, 0.15) is 11.4 Å². The molecule has 0 saturated heterocycles. The molecular weight excluding hydrogens is 328 g/mol. The second-order valence-electron chi connectivity index (χ2n) is 5.84. The van der Waals surface area contributed by atoms with Crippen molar-refractivity contribution in [1.29, 1.82) is 0 Å². The predicted octanol–water partition coefficient (Wildman–Crippen LogP) is 4.61. The minimum absolute atomic E-state index is 0.659. The summed E-state index contributed by atoms with van der Waals surface area (Å²) in [5.74, 6) is 0. The van der Waals surface area contributed by atoms with E-state index in [0.717, 1.165) is 33.0 Å². The number of fused-ring (bicyclic) bond motifs is 1. The molecule has 0 aliphatic rings. The van der Waals surface area contributed by atoms with Crippen molar-refractivity contribution >= 4 is 10.8 Å². The van der Waals surface area contributed by atoms with Crippen LogP contribution < -0.4 is 0 Å². The number of rotatable bonds is 3. The Labute approximate surface area is 148 Å². The molecule has 0 fully saturated rings. The summed E-state index contributed by atoms with van der Waals surface area (Å²) >= 11 is 0. The molecule has 0 aliphatic heterocycles. The van der Waals surface area contributed by atoms with Crippen LogP contribution in [0.4, 0.5) is 0 Å². The van der Waals surface area contributed by atoms with Crippen molar-refractivity contribution in [3.05, 3.63) is 73.2 Å². The average Bonchev–Trinajstić information content (AvgIpc) is 3.41. The zero-order valence-corrected chi connectivity index (χ0v) is 13.5. The van der Waals surface area contributed by atoms with Gasteiger partial charge in [-0.25, -0.2) is 0 Å². The molecule has 5 rings (SSSR count). The lowest BCUT2D eigenvalue weighted by Crippen LogP contribution is -1.92. The minimum Gasteiger partial charge on any atom is -0.345 e. The Kier molecular flexibility index (Phi) is 3.31. The van der Waals surface area contributed by atoms with Crippen LogP contribution in [0.2, 0.25) is 0 Å². The predicted molar refractivity (Wildman–Crippen MR) is 96.0 cm³/mol. The van der Waals surface area contributed by atoms with Crippen molar-refractivity contribution in [2.24, 2.45) is 0 Å². The molecule has 0 aliphatic carbocycles. The van der Waals surface area contributed by atoms with Gasteiger partial charge in [-0.15, -0.1) is 10.2 Å². The van der Waals surface area contributed by atoms with E-state index >= 15 is 0 Å². The topological polar surface area (TPSA) is 77.8 Å². The van der Waals surface area contributed by atoms with Gasteiger partial charge >= 0.3 is 0 Å². The average molecular weight is 340 g/mol. The number of hydrogen-bond acceptors (Lipinski definition) is 6. The fourth-order valence-electron chi connectivity index (χ4n) is 3.28. The van der Waals surface area contributed by atoms with E-state index < -0.39 is 0 Å². The molecule has 0 saturated carbocycles. The largest absolute Gasteiger partial charge is 0.345 e. The number of benzene rings is 3.